The number of ketones is 1. The molecule has 156 valence electrons. The maximum atomic E-state index is 12.4. The smallest absolute Gasteiger partial charge is 0.250 e. The van der Waals surface area contributed by atoms with Crippen molar-refractivity contribution >= 4 is 38.7 Å². The highest BCUT2D eigenvalue weighted by atomic mass is 32.2. The minimum atomic E-state index is -3.47. The summed E-state index contributed by atoms with van der Waals surface area (Å²) in [7, 11) is -3.47. The minimum absolute atomic E-state index is 0.0460. The first kappa shape index (κ1) is 21.5. The van der Waals surface area contributed by atoms with E-state index < -0.39 is 10.0 Å². The maximum Gasteiger partial charge on any atom is 0.250 e. The lowest BCUT2D eigenvalue weighted by Crippen LogP contribution is -2.48. The van der Waals surface area contributed by atoms with Gasteiger partial charge < -0.3 is 9.80 Å². The second-order valence-corrected chi connectivity index (χ2v) is 9.85. The van der Waals surface area contributed by atoms with Crippen molar-refractivity contribution in [2.24, 2.45) is 0 Å². The van der Waals surface area contributed by atoms with E-state index >= 15 is 0 Å². The van der Waals surface area contributed by atoms with E-state index in [-0.39, 0.29) is 22.4 Å². The van der Waals surface area contributed by atoms with Crippen LogP contribution in [-0.4, -0.2) is 57.7 Å². The number of piperazine rings is 1. The highest BCUT2D eigenvalue weighted by Crippen LogP contribution is 2.18. The van der Waals surface area contributed by atoms with Crippen LogP contribution in [0.1, 0.15) is 30.1 Å². The van der Waals surface area contributed by atoms with Crippen molar-refractivity contribution in [3.05, 3.63) is 47.3 Å². The van der Waals surface area contributed by atoms with Crippen molar-refractivity contribution in [1.29, 1.82) is 0 Å². The van der Waals surface area contributed by atoms with Gasteiger partial charge in [0.25, 0.3) is 0 Å². The van der Waals surface area contributed by atoms with Crippen LogP contribution in [0.15, 0.2) is 46.0 Å². The second-order valence-electron chi connectivity index (χ2n) is 6.90. The Morgan fingerprint density at radius 2 is 1.76 bits per heavy atom. The Morgan fingerprint density at radius 3 is 2.34 bits per heavy atom. The Morgan fingerprint density at radius 1 is 1.07 bits per heavy atom. The van der Waals surface area contributed by atoms with E-state index in [0.717, 1.165) is 18.8 Å². The summed E-state index contributed by atoms with van der Waals surface area (Å²) >= 11 is 1.17. The molecule has 0 radical (unpaired) electrons. The predicted molar refractivity (Wildman–Crippen MR) is 114 cm³/mol. The maximum absolute atomic E-state index is 12.4. The number of amides is 1. The number of hydrogen-bond acceptors (Lipinski definition) is 6. The van der Waals surface area contributed by atoms with E-state index in [4.69, 9.17) is 0 Å². The van der Waals surface area contributed by atoms with Crippen LogP contribution in [0.3, 0.4) is 0 Å². The van der Waals surface area contributed by atoms with Gasteiger partial charge in [0.15, 0.2) is 5.78 Å². The fourth-order valence-corrected chi connectivity index (χ4v) is 5.32. The van der Waals surface area contributed by atoms with Gasteiger partial charge in [-0.05, 0) is 49.1 Å². The lowest BCUT2D eigenvalue weighted by Gasteiger charge is -2.36. The number of sulfonamides is 1. The molecule has 29 heavy (non-hydrogen) atoms. The zero-order valence-corrected chi connectivity index (χ0v) is 18.0. The van der Waals surface area contributed by atoms with Gasteiger partial charge in [-0.25, -0.2) is 13.1 Å². The van der Waals surface area contributed by atoms with Crippen LogP contribution in [0.4, 0.5) is 5.69 Å². The Hall–Kier alpha value is -2.23. The third-order valence-electron chi connectivity index (χ3n) is 4.89. The monoisotopic (exact) mass is 435 g/mol. The molecule has 3 rings (SSSR count). The molecular formula is C20H25N3O4S2. The summed E-state index contributed by atoms with van der Waals surface area (Å²) in [6.07, 6.45) is 0.788. The second kappa shape index (κ2) is 9.51. The molecule has 1 fully saturated rings. The Kier molecular flexibility index (Phi) is 7.05. The molecule has 7 nitrogen and oxygen atoms in total. The molecule has 2 heterocycles. The molecule has 9 heteroatoms. The van der Waals surface area contributed by atoms with Gasteiger partial charge in [0, 0.05) is 50.4 Å². The number of nitrogens with one attached hydrogen (secondary N) is 1. The normalized spacial score (nSPS) is 14.8. The number of carbonyl (C=O) groups is 2. The molecule has 0 atom stereocenters. The van der Waals surface area contributed by atoms with Crippen molar-refractivity contribution in [3.63, 3.8) is 0 Å². The number of thiophene rings is 1. The highest BCUT2D eigenvalue weighted by molar-refractivity contribution is 7.91. The van der Waals surface area contributed by atoms with Gasteiger partial charge in [-0.1, -0.05) is 6.07 Å². The summed E-state index contributed by atoms with van der Waals surface area (Å²) < 4.78 is 26.9. The van der Waals surface area contributed by atoms with Crippen LogP contribution in [0.5, 0.6) is 0 Å². The van der Waals surface area contributed by atoms with Gasteiger partial charge in [0.05, 0.1) is 0 Å². The third kappa shape index (κ3) is 5.65. The van der Waals surface area contributed by atoms with Gasteiger partial charge in [-0.3, -0.25) is 9.59 Å². The van der Waals surface area contributed by atoms with Gasteiger partial charge in [-0.15, -0.1) is 11.3 Å². The lowest BCUT2D eigenvalue weighted by atomic mass is 10.1. The highest BCUT2D eigenvalue weighted by Gasteiger charge is 2.21. The van der Waals surface area contributed by atoms with E-state index in [9.17, 15) is 18.0 Å². The number of nitrogens with zero attached hydrogens (tertiary/aromatic N) is 2. The Balaban J connectivity index is 1.40. The summed E-state index contributed by atoms with van der Waals surface area (Å²) in [6, 6.07) is 10.8. The molecular weight excluding hydrogens is 410 g/mol. The number of hydrogen-bond donors (Lipinski definition) is 1. The molecule has 1 saturated heterocycles. The first-order valence-corrected chi connectivity index (χ1v) is 11.9. The lowest BCUT2D eigenvalue weighted by molar-refractivity contribution is -0.131. The first-order chi connectivity index (χ1) is 13.9. The fraction of sp³-hybridized carbons (Fsp3) is 0.400. The number of Topliss-reactive ketones (excluding diaryl/α,β-unsaturated/α-hetero) is 1. The average molecular weight is 436 g/mol. The van der Waals surface area contributed by atoms with Gasteiger partial charge >= 0.3 is 0 Å². The van der Waals surface area contributed by atoms with Crippen LogP contribution in [-0.2, 0) is 14.8 Å². The SMILES string of the molecule is CC(=O)c1ccc(N2CCN(C(=O)CCCNS(=O)(=O)c3cccs3)CC2)cc1. The Bertz CT molecular complexity index is 933. The van der Waals surface area contributed by atoms with Crippen LogP contribution in [0, 0.1) is 0 Å². The van der Waals surface area contributed by atoms with Crippen LogP contribution in [0.2, 0.25) is 0 Å². The van der Waals surface area contributed by atoms with E-state index in [2.05, 4.69) is 9.62 Å². The van der Waals surface area contributed by atoms with Gasteiger partial charge in [0.1, 0.15) is 4.21 Å². The van der Waals surface area contributed by atoms with Gasteiger partial charge in [-0.2, -0.15) is 0 Å². The number of benzene rings is 1. The average Bonchev–Trinajstić information content (AvgIpc) is 3.27. The molecule has 1 N–H and O–H groups in total. The van der Waals surface area contributed by atoms with E-state index in [1.807, 2.05) is 29.2 Å². The summed E-state index contributed by atoms with van der Waals surface area (Å²) in [4.78, 5) is 27.8. The summed E-state index contributed by atoms with van der Waals surface area (Å²) in [5.74, 6) is 0.0940. The summed E-state index contributed by atoms with van der Waals surface area (Å²) in [6.45, 7) is 4.52. The zero-order chi connectivity index (χ0) is 20.9. The van der Waals surface area contributed by atoms with Crippen molar-refractivity contribution in [2.75, 3.05) is 37.6 Å². The largest absolute Gasteiger partial charge is 0.368 e. The molecule has 0 saturated carbocycles. The van der Waals surface area contributed by atoms with Crippen LogP contribution >= 0.6 is 11.3 Å². The topological polar surface area (TPSA) is 86.8 Å². The van der Waals surface area contributed by atoms with E-state index in [1.165, 1.54) is 11.3 Å². The molecule has 1 aromatic carbocycles. The molecule has 1 aliphatic heterocycles. The third-order valence-corrected chi connectivity index (χ3v) is 7.75. The molecule has 0 aliphatic carbocycles. The Labute approximate surface area is 175 Å². The van der Waals surface area contributed by atoms with Crippen LogP contribution < -0.4 is 9.62 Å². The number of rotatable bonds is 8. The first-order valence-electron chi connectivity index (χ1n) is 9.54. The zero-order valence-electron chi connectivity index (χ0n) is 16.3. The number of anilines is 1. The van der Waals surface area contributed by atoms with Crippen molar-refractivity contribution in [2.45, 2.75) is 24.0 Å². The molecule has 0 unspecified atom stereocenters. The molecule has 0 spiro atoms. The van der Waals surface area contributed by atoms with Crippen molar-refractivity contribution < 1.29 is 18.0 Å². The van der Waals surface area contributed by atoms with Crippen molar-refractivity contribution in [3.8, 4) is 0 Å². The predicted octanol–water partition coefficient (Wildman–Crippen LogP) is 2.36. The van der Waals surface area contributed by atoms with Crippen LogP contribution in [0.25, 0.3) is 0 Å². The minimum Gasteiger partial charge on any atom is -0.368 e. The number of carbonyl (C=O) groups excluding carboxylic acids is 2. The summed E-state index contributed by atoms with van der Waals surface area (Å²) in [5.41, 5.74) is 1.74. The molecule has 1 aromatic heterocycles. The molecule has 1 amide bonds. The van der Waals surface area contributed by atoms with Crippen molar-refractivity contribution in [1.82, 2.24) is 9.62 Å². The fourth-order valence-electron chi connectivity index (χ4n) is 3.21. The molecule has 2 aromatic rings. The molecule has 0 bridgehead atoms. The summed E-state index contributed by atoms with van der Waals surface area (Å²) in [5, 5.41) is 1.72. The standard InChI is InChI=1S/C20H25N3O4S2/c1-16(24)17-6-8-18(9-7-17)22-11-13-23(14-12-22)19(25)4-2-10-21-29(26,27)20-5-3-15-28-20/h3,5-9,15,21H,2,4,10-14H2,1H3. The molecule has 1 aliphatic rings. The van der Waals surface area contributed by atoms with E-state index in [0.29, 0.717) is 31.5 Å². The van der Waals surface area contributed by atoms with E-state index in [1.54, 1.807) is 24.4 Å². The van der Waals surface area contributed by atoms with Gasteiger partial charge in [0.2, 0.25) is 15.9 Å². The quantitative estimate of drug-likeness (QED) is 0.508.